The Morgan fingerprint density at radius 3 is 2.39 bits per heavy atom. The summed E-state index contributed by atoms with van der Waals surface area (Å²) in [7, 11) is 0. The number of nitriles is 1. The second-order valence-corrected chi connectivity index (χ2v) is 7.72. The van der Waals surface area contributed by atoms with Crippen molar-refractivity contribution in [2.45, 2.75) is 40.2 Å². The molecule has 170 valence electrons. The first kappa shape index (κ1) is 23.8. The maximum atomic E-state index is 13.5. The van der Waals surface area contributed by atoms with E-state index in [-0.39, 0.29) is 5.57 Å². The molecule has 3 rings (SSSR count). The number of ether oxygens (including phenoxy) is 2. The number of imide groups is 1. The first-order valence-corrected chi connectivity index (χ1v) is 11.1. The maximum Gasteiger partial charge on any atom is 0.272 e. The number of benzene rings is 2. The predicted molar refractivity (Wildman–Crippen MR) is 126 cm³/mol. The Morgan fingerprint density at radius 2 is 1.76 bits per heavy atom. The third-order valence-electron chi connectivity index (χ3n) is 5.48. The lowest BCUT2D eigenvalue weighted by Gasteiger charge is -2.32. The van der Waals surface area contributed by atoms with Crippen LogP contribution in [0.15, 0.2) is 65.3 Å². The SMILES string of the molecule is CCCOc1ccc(/C=C2/C(=O)N(C(C)c3ccccc3)C(=O)C(C#N)=C2C)cc1OCC. The van der Waals surface area contributed by atoms with E-state index in [9.17, 15) is 14.9 Å². The van der Waals surface area contributed by atoms with Gasteiger partial charge in [0.2, 0.25) is 0 Å². The van der Waals surface area contributed by atoms with E-state index in [0.29, 0.717) is 41.4 Å². The number of nitrogens with zero attached hydrogens (tertiary/aromatic N) is 2. The summed E-state index contributed by atoms with van der Waals surface area (Å²) in [6, 6.07) is 16.2. The summed E-state index contributed by atoms with van der Waals surface area (Å²) >= 11 is 0. The molecule has 33 heavy (non-hydrogen) atoms. The van der Waals surface area contributed by atoms with Crippen LogP contribution < -0.4 is 9.47 Å². The lowest BCUT2D eigenvalue weighted by molar-refractivity contribution is -0.143. The standard InChI is InChI=1S/C27H28N2O4/c1-5-14-33-24-13-12-20(16-25(24)32-6-2)15-22-18(3)23(17-28)27(31)29(26(22)30)19(4)21-10-8-7-9-11-21/h7-13,15-16,19H,5-6,14H2,1-4H3/b22-15+. The van der Waals surface area contributed by atoms with Gasteiger partial charge in [0.25, 0.3) is 11.8 Å². The van der Waals surface area contributed by atoms with Crippen LogP contribution in [0.5, 0.6) is 11.5 Å². The van der Waals surface area contributed by atoms with Gasteiger partial charge in [0.1, 0.15) is 11.6 Å². The van der Waals surface area contributed by atoms with Gasteiger partial charge in [0.15, 0.2) is 11.5 Å². The van der Waals surface area contributed by atoms with Crippen LogP contribution in [0.3, 0.4) is 0 Å². The normalized spacial score (nSPS) is 16.1. The minimum atomic E-state index is -0.577. The summed E-state index contributed by atoms with van der Waals surface area (Å²) in [4.78, 5) is 27.7. The third-order valence-corrected chi connectivity index (χ3v) is 5.48. The molecule has 6 nitrogen and oxygen atoms in total. The molecule has 0 aromatic heterocycles. The molecule has 6 heteroatoms. The Hall–Kier alpha value is -3.85. The van der Waals surface area contributed by atoms with Gasteiger partial charge in [0, 0.05) is 5.57 Å². The van der Waals surface area contributed by atoms with Crippen LogP contribution in [-0.4, -0.2) is 29.9 Å². The van der Waals surface area contributed by atoms with E-state index in [2.05, 4.69) is 0 Å². The van der Waals surface area contributed by atoms with Crippen molar-refractivity contribution in [2.75, 3.05) is 13.2 Å². The van der Waals surface area contributed by atoms with Crippen LogP contribution >= 0.6 is 0 Å². The zero-order chi connectivity index (χ0) is 24.0. The molecule has 0 bridgehead atoms. The summed E-state index contributed by atoms with van der Waals surface area (Å²) in [6.45, 7) is 8.37. The smallest absolute Gasteiger partial charge is 0.272 e. The van der Waals surface area contributed by atoms with Crippen LogP contribution in [0.1, 0.15) is 51.3 Å². The van der Waals surface area contributed by atoms with E-state index in [1.807, 2.05) is 56.3 Å². The third kappa shape index (κ3) is 4.98. The summed E-state index contributed by atoms with van der Waals surface area (Å²) < 4.78 is 11.5. The van der Waals surface area contributed by atoms with Crippen LogP contribution in [0.2, 0.25) is 0 Å². The van der Waals surface area contributed by atoms with Crippen molar-refractivity contribution in [2.24, 2.45) is 0 Å². The molecule has 1 heterocycles. The minimum Gasteiger partial charge on any atom is -0.490 e. The van der Waals surface area contributed by atoms with E-state index in [0.717, 1.165) is 16.9 Å². The molecule has 1 aliphatic heterocycles. The van der Waals surface area contributed by atoms with Crippen molar-refractivity contribution in [3.8, 4) is 17.6 Å². The fourth-order valence-electron chi connectivity index (χ4n) is 3.71. The lowest BCUT2D eigenvalue weighted by atomic mass is 9.91. The van der Waals surface area contributed by atoms with Gasteiger partial charge in [0.05, 0.1) is 19.3 Å². The number of hydrogen-bond acceptors (Lipinski definition) is 5. The predicted octanol–water partition coefficient (Wildman–Crippen LogP) is 5.23. The van der Waals surface area contributed by atoms with Crippen molar-refractivity contribution in [1.29, 1.82) is 5.26 Å². The van der Waals surface area contributed by atoms with Crippen LogP contribution in [0.4, 0.5) is 0 Å². The number of rotatable bonds is 8. The monoisotopic (exact) mass is 444 g/mol. The quantitative estimate of drug-likeness (QED) is 0.412. The van der Waals surface area contributed by atoms with Crippen molar-refractivity contribution < 1.29 is 19.1 Å². The van der Waals surface area contributed by atoms with Gasteiger partial charge in [-0.15, -0.1) is 0 Å². The van der Waals surface area contributed by atoms with Gasteiger partial charge < -0.3 is 9.47 Å². The Balaban J connectivity index is 2.06. The lowest BCUT2D eigenvalue weighted by Crippen LogP contribution is -2.44. The minimum absolute atomic E-state index is 0.0310. The van der Waals surface area contributed by atoms with Gasteiger partial charge in [-0.1, -0.05) is 43.3 Å². The number of carbonyl (C=O) groups excluding carboxylic acids is 2. The van der Waals surface area contributed by atoms with Gasteiger partial charge in [-0.05, 0) is 62.1 Å². The van der Waals surface area contributed by atoms with E-state index < -0.39 is 17.9 Å². The van der Waals surface area contributed by atoms with Crippen LogP contribution in [0, 0.1) is 11.3 Å². The highest BCUT2D eigenvalue weighted by Crippen LogP contribution is 2.34. The molecule has 0 radical (unpaired) electrons. The summed E-state index contributed by atoms with van der Waals surface area (Å²) in [5.41, 5.74) is 2.17. The molecule has 0 aliphatic carbocycles. The van der Waals surface area contributed by atoms with Crippen molar-refractivity contribution in [1.82, 2.24) is 4.90 Å². The number of carbonyl (C=O) groups is 2. The highest BCUT2D eigenvalue weighted by molar-refractivity contribution is 6.19. The Morgan fingerprint density at radius 1 is 1.03 bits per heavy atom. The zero-order valence-corrected chi connectivity index (χ0v) is 19.4. The number of amides is 2. The summed E-state index contributed by atoms with van der Waals surface area (Å²) in [6.07, 6.45) is 2.56. The Bertz CT molecular complexity index is 1140. The highest BCUT2D eigenvalue weighted by atomic mass is 16.5. The Kier molecular flexibility index (Phi) is 7.68. The summed E-state index contributed by atoms with van der Waals surface area (Å²) in [5, 5.41) is 9.67. The van der Waals surface area contributed by atoms with E-state index in [1.54, 1.807) is 32.1 Å². The molecule has 1 unspecified atom stereocenters. The average molecular weight is 445 g/mol. The van der Waals surface area contributed by atoms with Crippen molar-refractivity contribution in [3.63, 3.8) is 0 Å². The van der Waals surface area contributed by atoms with Gasteiger partial charge in [-0.3, -0.25) is 14.5 Å². The molecule has 2 amide bonds. The highest BCUT2D eigenvalue weighted by Gasteiger charge is 2.38. The second kappa shape index (κ2) is 10.6. The molecule has 2 aromatic rings. The van der Waals surface area contributed by atoms with Gasteiger partial charge >= 0.3 is 0 Å². The molecule has 0 fully saturated rings. The fraction of sp³-hybridized carbons (Fsp3) is 0.296. The van der Waals surface area contributed by atoms with Crippen molar-refractivity contribution >= 4 is 17.9 Å². The molecule has 1 aliphatic rings. The molecular formula is C27H28N2O4. The largest absolute Gasteiger partial charge is 0.490 e. The van der Waals surface area contributed by atoms with Crippen molar-refractivity contribution in [3.05, 3.63) is 76.4 Å². The second-order valence-electron chi connectivity index (χ2n) is 7.72. The first-order chi connectivity index (χ1) is 15.9. The van der Waals surface area contributed by atoms with Gasteiger partial charge in [-0.2, -0.15) is 5.26 Å². The molecule has 0 spiro atoms. The molecular weight excluding hydrogens is 416 g/mol. The van der Waals surface area contributed by atoms with Crippen LogP contribution in [-0.2, 0) is 9.59 Å². The zero-order valence-electron chi connectivity index (χ0n) is 19.4. The molecule has 2 aromatic carbocycles. The number of hydrogen-bond donors (Lipinski definition) is 0. The topological polar surface area (TPSA) is 79.6 Å². The fourth-order valence-corrected chi connectivity index (χ4v) is 3.71. The molecule has 0 saturated heterocycles. The van der Waals surface area contributed by atoms with E-state index in [1.165, 1.54) is 0 Å². The Labute approximate surface area is 194 Å². The van der Waals surface area contributed by atoms with E-state index in [4.69, 9.17) is 9.47 Å². The molecule has 1 atom stereocenters. The molecule has 0 saturated carbocycles. The molecule has 0 N–H and O–H groups in total. The summed E-state index contributed by atoms with van der Waals surface area (Å²) in [5.74, 6) is 0.204. The van der Waals surface area contributed by atoms with Gasteiger partial charge in [-0.25, -0.2) is 0 Å². The first-order valence-electron chi connectivity index (χ1n) is 11.1. The average Bonchev–Trinajstić information content (AvgIpc) is 2.82. The van der Waals surface area contributed by atoms with E-state index >= 15 is 0 Å². The van der Waals surface area contributed by atoms with Crippen LogP contribution in [0.25, 0.3) is 6.08 Å². The maximum absolute atomic E-state index is 13.5.